The van der Waals surface area contributed by atoms with Crippen molar-refractivity contribution in [1.82, 2.24) is 0 Å². The molecule has 2 aromatic rings. The summed E-state index contributed by atoms with van der Waals surface area (Å²) < 4.78 is 11.2. The molecular formula is C13H12O2S. The van der Waals surface area contributed by atoms with Crippen LogP contribution in [0.2, 0.25) is 0 Å². The minimum atomic E-state index is 0.641. The Bertz CT molecular complexity index is 499. The third-order valence-electron chi connectivity index (χ3n) is 2.61. The predicted octanol–water partition coefficient (Wildman–Crippen LogP) is 3.49. The lowest BCUT2D eigenvalue weighted by Crippen LogP contribution is -2.14. The molecule has 0 saturated carbocycles. The first kappa shape index (κ1) is 9.73. The molecule has 0 fully saturated rings. The number of rotatable bonds is 1. The molecule has 0 N–H and O–H groups in total. The van der Waals surface area contributed by atoms with Gasteiger partial charge in [-0.2, -0.15) is 0 Å². The van der Waals surface area contributed by atoms with Gasteiger partial charge in [-0.25, -0.2) is 0 Å². The van der Waals surface area contributed by atoms with E-state index < -0.39 is 0 Å². The van der Waals surface area contributed by atoms with Crippen LogP contribution in [-0.4, -0.2) is 13.2 Å². The lowest BCUT2D eigenvalue weighted by Gasteiger charge is -2.16. The fourth-order valence-corrected chi connectivity index (χ4v) is 2.71. The molecule has 0 radical (unpaired) electrons. The topological polar surface area (TPSA) is 18.5 Å². The van der Waals surface area contributed by atoms with Crippen LogP contribution in [-0.2, 0) is 0 Å². The third-order valence-corrected chi connectivity index (χ3v) is 3.60. The highest BCUT2D eigenvalue weighted by molar-refractivity contribution is 7.14. The molecule has 16 heavy (non-hydrogen) atoms. The zero-order valence-electron chi connectivity index (χ0n) is 9.03. The van der Waals surface area contributed by atoms with E-state index in [1.165, 1.54) is 11.1 Å². The van der Waals surface area contributed by atoms with Gasteiger partial charge in [0, 0.05) is 5.38 Å². The van der Waals surface area contributed by atoms with Gasteiger partial charge in [-0.05, 0) is 12.5 Å². The Morgan fingerprint density at radius 2 is 1.81 bits per heavy atom. The third kappa shape index (κ3) is 1.57. The van der Waals surface area contributed by atoms with E-state index in [0.717, 1.165) is 16.4 Å². The molecule has 1 aromatic heterocycles. The molecule has 0 amide bonds. The van der Waals surface area contributed by atoms with E-state index in [1.807, 2.05) is 5.38 Å². The average molecular weight is 232 g/mol. The summed E-state index contributed by atoms with van der Waals surface area (Å²) in [5.74, 6) is 1.78. The van der Waals surface area contributed by atoms with Crippen molar-refractivity contribution in [1.29, 1.82) is 0 Å². The molecule has 1 aliphatic rings. The van der Waals surface area contributed by atoms with Gasteiger partial charge < -0.3 is 9.47 Å². The highest BCUT2D eigenvalue weighted by Crippen LogP contribution is 2.45. The minimum Gasteiger partial charge on any atom is -0.485 e. The second kappa shape index (κ2) is 3.83. The number of hydrogen-bond donors (Lipinski definition) is 0. The van der Waals surface area contributed by atoms with Crippen LogP contribution in [0.3, 0.4) is 0 Å². The summed E-state index contributed by atoms with van der Waals surface area (Å²) in [6, 6.07) is 8.48. The smallest absolute Gasteiger partial charge is 0.179 e. The quantitative estimate of drug-likeness (QED) is 0.749. The van der Waals surface area contributed by atoms with E-state index in [9.17, 15) is 0 Å². The first-order valence-corrected chi connectivity index (χ1v) is 6.17. The molecule has 0 aliphatic carbocycles. The SMILES string of the molecule is Cc1ccc(-c2scc3c2OCCO3)cc1. The van der Waals surface area contributed by atoms with Crippen molar-refractivity contribution >= 4 is 11.3 Å². The predicted molar refractivity (Wildman–Crippen MR) is 65.5 cm³/mol. The van der Waals surface area contributed by atoms with Gasteiger partial charge in [-0.1, -0.05) is 29.8 Å². The van der Waals surface area contributed by atoms with Gasteiger partial charge in [0.2, 0.25) is 0 Å². The first-order valence-electron chi connectivity index (χ1n) is 5.29. The van der Waals surface area contributed by atoms with Gasteiger partial charge >= 0.3 is 0 Å². The van der Waals surface area contributed by atoms with Crippen LogP contribution >= 0.6 is 11.3 Å². The Balaban J connectivity index is 2.06. The first-order chi connectivity index (χ1) is 7.84. The number of fused-ring (bicyclic) bond motifs is 1. The van der Waals surface area contributed by atoms with E-state index in [2.05, 4.69) is 31.2 Å². The van der Waals surface area contributed by atoms with Crippen molar-refractivity contribution in [2.24, 2.45) is 0 Å². The van der Waals surface area contributed by atoms with Crippen molar-refractivity contribution in [3.63, 3.8) is 0 Å². The number of ether oxygens (including phenoxy) is 2. The second-order valence-corrected chi connectivity index (χ2v) is 4.70. The Labute approximate surface area is 98.4 Å². The van der Waals surface area contributed by atoms with E-state index in [4.69, 9.17) is 9.47 Å². The lowest BCUT2D eigenvalue weighted by molar-refractivity contribution is 0.174. The maximum absolute atomic E-state index is 5.66. The highest BCUT2D eigenvalue weighted by Gasteiger charge is 2.19. The Kier molecular flexibility index (Phi) is 2.33. The molecule has 0 spiro atoms. The van der Waals surface area contributed by atoms with Crippen LogP contribution in [0.5, 0.6) is 11.5 Å². The zero-order chi connectivity index (χ0) is 11.0. The Hall–Kier alpha value is -1.48. The molecule has 0 saturated heterocycles. The van der Waals surface area contributed by atoms with Gasteiger partial charge in [0.15, 0.2) is 11.5 Å². The summed E-state index contributed by atoms with van der Waals surface area (Å²) in [4.78, 5) is 1.16. The standard InChI is InChI=1S/C13H12O2S/c1-9-2-4-10(5-3-9)13-12-11(8-16-13)14-6-7-15-12/h2-5,8H,6-7H2,1H3. The molecule has 0 bridgehead atoms. The van der Waals surface area contributed by atoms with Crippen LogP contribution in [0, 0.1) is 6.92 Å². The van der Waals surface area contributed by atoms with Crippen LogP contribution in [0.15, 0.2) is 29.6 Å². The molecular weight excluding hydrogens is 220 g/mol. The number of aryl methyl sites for hydroxylation is 1. The molecule has 2 heterocycles. The summed E-state index contributed by atoms with van der Waals surface area (Å²) >= 11 is 1.67. The van der Waals surface area contributed by atoms with E-state index in [-0.39, 0.29) is 0 Å². The summed E-state index contributed by atoms with van der Waals surface area (Å²) in [6.07, 6.45) is 0. The molecule has 3 rings (SSSR count). The van der Waals surface area contributed by atoms with Crippen molar-refractivity contribution in [3.8, 4) is 21.9 Å². The monoisotopic (exact) mass is 232 g/mol. The fraction of sp³-hybridized carbons (Fsp3) is 0.231. The molecule has 0 unspecified atom stereocenters. The summed E-state index contributed by atoms with van der Waals surface area (Å²) in [5.41, 5.74) is 2.47. The minimum absolute atomic E-state index is 0.641. The van der Waals surface area contributed by atoms with Gasteiger partial charge in [0.25, 0.3) is 0 Å². The van der Waals surface area contributed by atoms with Crippen molar-refractivity contribution < 1.29 is 9.47 Å². The average Bonchev–Trinajstić information content (AvgIpc) is 2.74. The molecule has 82 valence electrons. The number of benzene rings is 1. The van der Waals surface area contributed by atoms with Crippen LogP contribution in [0.25, 0.3) is 10.4 Å². The summed E-state index contributed by atoms with van der Waals surface area (Å²) in [6.45, 7) is 3.38. The summed E-state index contributed by atoms with van der Waals surface area (Å²) in [7, 11) is 0. The van der Waals surface area contributed by atoms with Gasteiger partial charge in [-0.15, -0.1) is 11.3 Å². The molecule has 2 nitrogen and oxygen atoms in total. The molecule has 3 heteroatoms. The van der Waals surface area contributed by atoms with Gasteiger partial charge in [0.1, 0.15) is 13.2 Å². The van der Waals surface area contributed by atoms with Crippen molar-refractivity contribution in [2.45, 2.75) is 6.92 Å². The fourth-order valence-electron chi connectivity index (χ4n) is 1.77. The van der Waals surface area contributed by atoms with Gasteiger partial charge in [-0.3, -0.25) is 0 Å². The molecule has 0 atom stereocenters. The van der Waals surface area contributed by atoms with Crippen LogP contribution in [0.1, 0.15) is 5.56 Å². The second-order valence-electron chi connectivity index (χ2n) is 3.82. The maximum Gasteiger partial charge on any atom is 0.179 e. The Morgan fingerprint density at radius 1 is 1.06 bits per heavy atom. The molecule has 1 aliphatic heterocycles. The number of thiophene rings is 1. The van der Waals surface area contributed by atoms with E-state index in [0.29, 0.717) is 13.2 Å². The van der Waals surface area contributed by atoms with Crippen LogP contribution in [0.4, 0.5) is 0 Å². The van der Waals surface area contributed by atoms with Crippen LogP contribution < -0.4 is 9.47 Å². The Morgan fingerprint density at radius 3 is 2.62 bits per heavy atom. The summed E-state index contributed by atoms with van der Waals surface area (Å²) in [5, 5.41) is 2.02. The van der Waals surface area contributed by atoms with Gasteiger partial charge in [0.05, 0.1) is 4.88 Å². The highest BCUT2D eigenvalue weighted by atomic mass is 32.1. The largest absolute Gasteiger partial charge is 0.485 e. The van der Waals surface area contributed by atoms with Crippen molar-refractivity contribution in [3.05, 3.63) is 35.2 Å². The molecule has 1 aromatic carbocycles. The maximum atomic E-state index is 5.66. The lowest BCUT2D eigenvalue weighted by atomic mass is 10.1. The number of hydrogen-bond acceptors (Lipinski definition) is 3. The zero-order valence-corrected chi connectivity index (χ0v) is 9.84. The van der Waals surface area contributed by atoms with E-state index >= 15 is 0 Å². The van der Waals surface area contributed by atoms with E-state index in [1.54, 1.807) is 11.3 Å². The normalized spacial score (nSPS) is 13.8. The van der Waals surface area contributed by atoms with Crippen molar-refractivity contribution in [2.75, 3.05) is 13.2 Å².